The van der Waals surface area contributed by atoms with Gasteiger partial charge in [0.25, 0.3) is 21.7 Å². The molecule has 2 aromatic rings. The first kappa shape index (κ1) is 47.9. The number of rotatable bonds is 28. The predicted octanol–water partition coefficient (Wildman–Crippen LogP) is 2.41. The highest BCUT2D eigenvalue weighted by atomic mass is 16.6. The molecule has 0 unspecified atom stereocenters. The summed E-state index contributed by atoms with van der Waals surface area (Å²) in [6.07, 6.45) is 3.82. The van der Waals surface area contributed by atoms with Crippen molar-refractivity contribution in [3.05, 3.63) is 40.9 Å². The monoisotopic (exact) mass is 792 g/mol. The molecule has 0 saturated carbocycles. The minimum absolute atomic E-state index is 0.345. The van der Waals surface area contributed by atoms with Crippen LogP contribution < -0.4 is 53.6 Å². The lowest BCUT2D eigenvalue weighted by Gasteiger charge is -2.21. The molecule has 0 radical (unpaired) electrons. The van der Waals surface area contributed by atoms with E-state index in [4.69, 9.17) is 9.47 Å². The van der Waals surface area contributed by atoms with Gasteiger partial charge < -0.3 is 56.1 Å². The van der Waals surface area contributed by atoms with E-state index in [1.54, 1.807) is 0 Å². The van der Waals surface area contributed by atoms with Crippen molar-refractivity contribution in [2.45, 2.75) is 91.3 Å². The fourth-order valence-electron chi connectivity index (χ4n) is 5.75. The standard InChI is InChI=1S/C39H69N9O8/c1-38(2,3)55-36(53)44-20-14-26-47(8)24-12-18-42-30-28(32(49)34(30)51)40-16-10-22-46(7)23-11-17-41-29-31(35(52)33(29)50)43-19-13-25-48(9)27-15-21-45-37(54)56-39(4,5)6/h40-43H,10-27H2,1-9H3,(H,44,53)(H,45,54). The number of amides is 2. The van der Waals surface area contributed by atoms with Crippen molar-refractivity contribution in [3.63, 3.8) is 0 Å². The highest BCUT2D eigenvalue weighted by molar-refractivity contribution is 5.74. The lowest BCUT2D eigenvalue weighted by molar-refractivity contribution is 0.0514. The maximum absolute atomic E-state index is 12.2. The normalized spacial score (nSPS) is 12.1. The summed E-state index contributed by atoms with van der Waals surface area (Å²) in [5.41, 5.74) is -1.65. The lowest BCUT2D eigenvalue weighted by atomic mass is 10.1. The number of alkyl carbamates (subject to hydrolysis) is 2. The Labute approximate surface area is 332 Å². The van der Waals surface area contributed by atoms with Crippen LogP contribution in [0.25, 0.3) is 0 Å². The zero-order chi connectivity index (χ0) is 41.9. The van der Waals surface area contributed by atoms with Crippen LogP contribution in [0.4, 0.5) is 32.3 Å². The van der Waals surface area contributed by atoms with Gasteiger partial charge in [-0.2, -0.15) is 0 Å². The van der Waals surface area contributed by atoms with Crippen LogP contribution in [-0.2, 0) is 9.47 Å². The van der Waals surface area contributed by atoms with Crippen LogP contribution in [0.1, 0.15) is 80.1 Å². The van der Waals surface area contributed by atoms with Crippen LogP contribution in [-0.4, -0.2) is 138 Å². The molecule has 2 amide bonds. The quantitative estimate of drug-likeness (QED) is 0.0542. The first-order valence-corrected chi connectivity index (χ1v) is 19.9. The maximum Gasteiger partial charge on any atom is 0.407 e. The molecular weight excluding hydrogens is 722 g/mol. The molecule has 17 nitrogen and oxygen atoms in total. The largest absolute Gasteiger partial charge is 0.444 e. The molecule has 2 aromatic carbocycles. The highest BCUT2D eigenvalue weighted by Gasteiger charge is 2.22. The lowest BCUT2D eigenvalue weighted by Crippen LogP contribution is -2.38. The third kappa shape index (κ3) is 18.6. The zero-order valence-corrected chi connectivity index (χ0v) is 35.3. The van der Waals surface area contributed by atoms with Gasteiger partial charge in [-0.15, -0.1) is 0 Å². The molecule has 0 aromatic heterocycles. The van der Waals surface area contributed by atoms with E-state index >= 15 is 0 Å². The third-order valence-electron chi connectivity index (χ3n) is 8.66. The van der Waals surface area contributed by atoms with Gasteiger partial charge in [0.2, 0.25) is 0 Å². The number of carbonyl (C=O) groups excluding carboxylic acids is 2. The van der Waals surface area contributed by atoms with E-state index in [-0.39, 0.29) is 0 Å². The maximum atomic E-state index is 12.2. The minimum Gasteiger partial charge on any atom is -0.444 e. The number of anilines is 4. The van der Waals surface area contributed by atoms with E-state index in [2.05, 4.69) is 46.6 Å². The summed E-state index contributed by atoms with van der Waals surface area (Å²) in [7, 11) is 5.99. The Hall–Kier alpha value is -4.22. The van der Waals surface area contributed by atoms with Crippen LogP contribution in [0.5, 0.6) is 0 Å². The van der Waals surface area contributed by atoms with Crippen molar-refractivity contribution in [3.8, 4) is 0 Å². The second-order valence-corrected chi connectivity index (χ2v) is 16.4. The number of nitrogens with zero attached hydrogens (tertiary/aromatic N) is 3. The van der Waals surface area contributed by atoms with Crippen molar-refractivity contribution < 1.29 is 19.1 Å². The number of carbonyl (C=O) groups is 2. The molecule has 0 aliphatic carbocycles. The summed E-state index contributed by atoms with van der Waals surface area (Å²) < 4.78 is 10.5. The van der Waals surface area contributed by atoms with Gasteiger partial charge in [-0.1, -0.05) is 0 Å². The molecule has 0 fully saturated rings. The summed E-state index contributed by atoms with van der Waals surface area (Å²) in [5.74, 6) is 0. The topological polar surface area (TPSA) is 203 Å². The molecular formula is C39H69N9O8. The number of hydrogen-bond donors (Lipinski definition) is 6. The molecule has 0 atom stereocenters. The summed E-state index contributed by atoms with van der Waals surface area (Å²) in [5, 5.41) is 18.0. The van der Waals surface area contributed by atoms with Gasteiger partial charge in [0.1, 0.15) is 34.0 Å². The Morgan fingerprint density at radius 1 is 0.429 bits per heavy atom. The number of nitrogens with one attached hydrogen (secondary N) is 6. The summed E-state index contributed by atoms with van der Waals surface area (Å²) in [6, 6.07) is 0. The van der Waals surface area contributed by atoms with Crippen molar-refractivity contribution in [2.75, 3.05) is 121 Å². The summed E-state index contributed by atoms with van der Waals surface area (Å²) in [6.45, 7) is 18.9. The molecule has 318 valence electrons. The molecule has 0 aliphatic rings. The van der Waals surface area contributed by atoms with E-state index in [1.165, 1.54) is 0 Å². The Balaban J connectivity index is 1.55. The SMILES string of the molecule is CN(CCCNC(=O)OC(C)(C)C)CCCNc1c(NCCCN(C)CCCNc2c(NCCCN(C)CCCNC(=O)OC(C)(C)C)c(=O)c2=O)c(=O)c1=O. The van der Waals surface area contributed by atoms with Crippen molar-refractivity contribution in [2.24, 2.45) is 0 Å². The Bertz CT molecular complexity index is 1520. The minimum atomic E-state index is -0.524. The Morgan fingerprint density at radius 3 is 0.857 bits per heavy atom. The van der Waals surface area contributed by atoms with Gasteiger partial charge in [-0.25, -0.2) is 9.59 Å². The predicted molar refractivity (Wildman–Crippen MR) is 225 cm³/mol. The molecule has 56 heavy (non-hydrogen) atoms. The van der Waals surface area contributed by atoms with Crippen LogP contribution in [0, 0.1) is 0 Å². The summed E-state index contributed by atoms with van der Waals surface area (Å²) in [4.78, 5) is 78.6. The third-order valence-corrected chi connectivity index (χ3v) is 8.66. The van der Waals surface area contributed by atoms with Crippen LogP contribution in [0.3, 0.4) is 0 Å². The van der Waals surface area contributed by atoms with Crippen LogP contribution >= 0.6 is 0 Å². The Kier molecular flexibility index (Phi) is 20.3. The molecule has 2 rings (SSSR count). The Morgan fingerprint density at radius 2 is 0.643 bits per heavy atom. The second kappa shape index (κ2) is 23.8. The van der Waals surface area contributed by atoms with E-state index in [1.807, 2.05) is 62.7 Å². The van der Waals surface area contributed by atoms with Gasteiger partial charge in [-0.05, 0) is 140 Å². The second-order valence-electron chi connectivity index (χ2n) is 16.4. The van der Waals surface area contributed by atoms with Crippen molar-refractivity contribution in [1.82, 2.24) is 25.3 Å². The fourth-order valence-corrected chi connectivity index (χ4v) is 5.75. The molecule has 0 bridgehead atoms. The molecule has 0 spiro atoms. The fraction of sp³-hybridized carbons (Fsp3) is 0.744. The molecule has 17 heteroatoms. The molecule has 0 aliphatic heterocycles. The number of hydrogen-bond acceptors (Lipinski definition) is 15. The first-order valence-electron chi connectivity index (χ1n) is 19.9. The first-order chi connectivity index (χ1) is 26.3. The molecule has 6 N–H and O–H groups in total. The van der Waals surface area contributed by atoms with Gasteiger partial charge in [0.05, 0.1) is 0 Å². The van der Waals surface area contributed by atoms with Crippen molar-refractivity contribution >= 4 is 34.9 Å². The zero-order valence-electron chi connectivity index (χ0n) is 35.3. The molecule has 0 saturated heterocycles. The smallest absolute Gasteiger partial charge is 0.407 e. The number of ether oxygens (including phenoxy) is 2. The van der Waals surface area contributed by atoms with Gasteiger partial charge in [-0.3, -0.25) is 19.2 Å². The van der Waals surface area contributed by atoms with Crippen LogP contribution in [0.15, 0.2) is 19.2 Å². The highest BCUT2D eigenvalue weighted by Crippen LogP contribution is 2.15. The summed E-state index contributed by atoms with van der Waals surface area (Å²) >= 11 is 0. The van der Waals surface area contributed by atoms with Crippen molar-refractivity contribution in [1.29, 1.82) is 0 Å². The van der Waals surface area contributed by atoms with E-state index in [9.17, 15) is 28.8 Å². The average molecular weight is 792 g/mol. The average Bonchev–Trinajstić information content (AvgIpc) is 3.10. The molecule has 0 heterocycles. The van der Waals surface area contributed by atoms with E-state index < -0.39 is 45.1 Å². The van der Waals surface area contributed by atoms with Gasteiger partial charge >= 0.3 is 12.2 Å². The van der Waals surface area contributed by atoms with E-state index in [0.29, 0.717) is 62.0 Å². The van der Waals surface area contributed by atoms with Gasteiger partial charge in [0.15, 0.2) is 0 Å². The van der Waals surface area contributed by atoms with Crippen LogP contribution in [0.2, 0.25) is 0 Å². The van der Waals surface area contributed by atoms with Gasteiger partial charge in [0, 0.05) is 39.3 Å². The van der Waals surface area contributed by atoms with E-state index in [0.717, 1.165) is 77.8 Å².